The Labute approximate surface area is 118 Å². The maximum atomic E-state index is 11.5. The first-order chi connectivity index (χ1) is 9.63. The van der Waals surface area contributed by atoms with Gasteiger partial charge in [0.2, 0.25) is 11.8 Å². The van der Waals surface area contributed by atoms with Crippen LogP contribution >= 0.6 is 0 Å². The van der Waals surface area contributed by atoms with Crippen LogP contribution in [0.4, 0.5) is 0 Å². The molecule has 1 aromatic carbocycles. The highest BCUT2D eigenvalue weighted by Gasteiger charge is 1.99. The molecule has 0 saturated heterocycles. The summed E-state index contributed by atoms with van der Waals surface area (Å²) in [7, 11) is 0. The minimum absolute atomic E-state index is 0.166. The maximum Gasteiger partial charge on any atom is 0.244 e. The first-order valence-corrected chi connectivity index (χ1v) is 6.28. The van der Waals surface area contributed by atoms with Crippen LogP contribution in [0.1, 0.15) is 17.5 Å². The highest BCUT2D eigenvalue weighted by molar-refractivity contribution is 5.91. The van der Waals surface area contributed by atoms with E-state index >= 15 is 0 Å². The summed E-state index contributed by atoms with van der Waals surface area (Å²) >= 11 is 0. The molecule has 0 radical (unpaired) electrons. The number of aryl methyl sites for hydroxylation is 1. The summed E-state index contributed by atoms with van der Waals surface area (Å²) in [6.07, 6.45) is 3.04. The van der Waals surface area contributed by atoms with E-state index in [0.717, 1.165) is 11.1 Å². The molecule has 2 amide bonds. The van der Waals surface area contributed by atoms with Gasteiger partial charge in [-0.2, -0.15) is 5.26 Å². The first-order valence-electron chi connectivity index (χ1n) is 6.28. The molecule has 0 aliphatic rings. The van der Waals surface area contributed by atoms with E-state index in [0.29, 0.717) is 13.1 Å². The number of amides is 2. The molecule has 0 heterocycles. The van der Waals surface area contributed by atoms with Gasteiger partial charge in [-0.15, -0.1) is 0 Å². The zero-order valence-corrected chi connectivity index (χ0v) is 11.3. The molecular weight excluding hydrogens is 254 g/mol. The fourth-order valence-corrected chi connectivity index (χ4v) is 1.52. The van der Waals surface area contributed by atoms with Gasteiger partial charge in [-0.1, -0.05) is 24.3 Å². The van der Waals surface area contributed by atoms with Crippen molar-refractivity contribution in [2.75, 3.05) is 13.1 Å². The Morgan fingerprint density at radius 2 is 1.95 bits per heavy atom. The van der Waals surface area contributed by atoms with E-state index in [1.54, 1.807) is 12.1 Å². The average Bonchev–Trinajstić information content (AvgIpc) is 2.43. The number of carbonyl (C=O) groups is 2. The van der Waals surface area contributed by atoms with E-state index in [1.165, 1.54) is 6.08 Å². The van der Waals surface area contributed by atoms with Crippen LogP contribution in [0.2, 0.25) is 0 Å². The zero-order chi connectivity index (χ0) is 14.8. The molecule has 0 aromatic heterocycles. The fraction of sp³-hybridized carbons (Fsp3) is 0.267. The quantitative estimate of drug-likeness (QED) is 0.601. The first kappa shape index (κ1) is 15.4. The van der Waals surface area contributed by atoms with Crippen LogP contribution in [0.3, 0.4) is 0 Å². The second-order valence-electron chi connectivity index (χ2n) is 4.17. The molecule has 0 fully saturated rings. The summed E-state index contributed by atoms with van der Waals surface area (Å²) in [5, 5.41) is 13.5. The lowest BCUT2D eigenvalue weighted by atomic mass is 10.1. The van der Waals surface area contributed by atoms with Crippen LogP contribution in [0, 0.1) is 18.3 Å². The van der Waals surface area contributed by atoms with E-state index < -0.39 is 0 Å². The van der Waals surface area contributed by atoms with Crippen molar-refractivity contribution in [2.45, 2.75) is 13.3 Å². The predicted molar refractivity (Wildman–Crippen MR) is 76.5 cm³/mol. The molecule has 0 unspecified atom stereocenters. The van der Waals surface area contributed by atoms with Crippen molar-refractivity contribution >= 4 is 17.9 Å². The molecular formula is C15H17N3O2. The Kier molecular flexibility index (Phi) is 6.55. The molecule has 0 spiro atoms. The van der Waals surface area contributed by atoms with Crippen LogP contribution in [0.15, 0.2) is 30.3 Å². The average molecular weight is 271 g/mol. The molecule has 1 rings (SSSR count). The third kappa shape index (κ3) is 5.83. The number of hydrogen-bond acceptors (Lipinski definition) is 3. The third-order valence-electron chi connectivity index (χ3n) is 2.59. The minimum Gasteiger partial charge on any atom is -0.353 e. The number of benzene rings is 1. The third-order valence-corrected chi connectivity index (χ3v) is 2.59. The summed E-state index contributed by atoms with van der Waals surface area (Å²) < 4.78 is 0. The number of carbonyl (C=O) groups excluding carboxylic acids is 2. The molecule has 5 nitrogen and oxygen atoms in total. The topological polar surface area (TPSA) is 82.0 Å². The van der Waals surface area contributed by atoms with Crippen molar-refractivity contribution in [2.24, 2.45) is 0 Å². The molecule has 1 aromatic rings. The Hall–Kier alpha value is -2.61. The summed E-state index contributed by atoms with van der Waals surface area (Å²) in [5.41, 5.74) is 2.09. The van der Waals surface area contributed by atoms with Crippen LogP contribution in [0.5, 0.6) is 0 Å². The summed E-state index contributed by atoms with van der Waals surface area (Å²) in [6, 6.07) is 9.51. The largest absolute Gasteiger partial charge is 0.353 e. The molecule has 0 aliphatic carbocycles. The highest BCUT2D eigenvalue weighted by atomic mass is 16.2. The Morgan fingerprint density at radius 3 is 2.65 bits per heavy atom. The van der Waals surface area contributed by atoms with E-state index in [2.05, 4.69) is 10.6 Å². The summed E-state index contributed by atoms with van der Waals surface area (Å²) in [4.78, 5) is 22.5. The standard InChI is InChI=1S/C15H17N3O2/c1-12-4-2-3-5-13(12)6-7-14(19)17-10-11-18-15(20)8-9-16/h2-7H,8,10-11H2,1H3,(H,17,19)(H,18,20)/b7-6+. The number of rotatable bonds is 6. The van der Waals surface area contributed by atoms with Gasteiger partial charge in [0.05, 0.1) is 6.07 Å². The monoisotopic (exact) mass is 271 g/mol. The molecule has 0 atom stereocenters. The van der Waals surface area contributed by atoms with E-state index in [-0.39, 0.29) is 18.2 Å². The van der Waals surface area contributed by atoms with Crippen molar-refractivity contribution < 1.29 is 9.59 Å². The molecule has 5 heteroatoms. The molecule has 20 heavy (non-hydrogen) atoms. The van der Waals surface area contributed by atoms with Crippen LogP contribution < -0.4 is 10.6 Å². The lowest BCUT2D eigenvalue weighted by Crippen LogP contribution is -2.33. The smallest absolute Gasteiger partial charge is 0.244 e. The molecule has 2 N–H and O–H groups in total. The molecule has 104 valence electrons. The van der Waals surface area contributed by atoms with Crippen molar-refractivity contribution in [1.82, 2.24) is 10.6 Å². The summed E-state index contributed by atoms with van der Waals surface area (Å²) in [6.45, 7) is 2.61. The number of hydrogen-bond donors (Lipinski definition) is 2. The second kappa shape index (κ2) is 8.48. The van der Waals surface area contributed by atoms with Crippen LogP contribution in [-0.4, -0.2) is 24.9 Å². The van der Waals surface area contributed by atoms with Gasteiger partial charge in [0.25, 0.3) is 0 Å². The van der Waals surface area contributed by atoms with Gasteiger partial charge in [0.15, 0.2) is 0 Å². The fourth-order valence-electron chi connectivity index (χ4n) is 1.52. The van der Waals surface area contributed by atoms with Gasteiger partial charge in [-0.3, -0.25) is 9.59 Å². The SMILES string of the molecule is Cc1ccccc1/C=C/C(=O)NCCNC(=O)CC#N. The Bertz CT molecular complexity index is 544. The van der Waals surface area contributed by atoms with Crippen LogP contribution in [0.25, 0.3) is 6.08 Å². The Morgan fingerprint density at radius 1 is 1.25 bits per heavy atom. The normalized spacial score (nSPS) is 10.0. The zero-order valence-electron chi connectivity index (χ0n) is 11.3. The van der Waals surface area contributed by atoms with Crippen molar-refractivity contribution in [3.8, 4) is 6.07 Å². The molecule has 0 bridgehead atoms. The molecule has 0 aliphatic heterocycles. The summed E-state index contributed by atoms with van der Waals surface area (Å²) in [5.74, 6) is -0.556. The lowest BCUT2D eigenvalue weighted by Gasteiger charge is -2.03. The van der Waals surface area contributed by atoms with Gasteiger partial charge in [0.1, 0.15) is 6.42 Å². The van der Waals surface area contributed by atoms with Gasteiger partial charge in [-0.05, 0) is 24.1 Å². The number of nitrogens with zero attached hydrogens (tertiary/aromatic N) is 1. The highest BCUT2D eigenvalue weighted by Crippen LogP contribution is 2.08. The van der Waals surface area contributed by atoms with Gasteiger partial charge < -0.3 is 10.6 Å². The van der Waals surface area contributed by atoms with Crippen molar-refractivity contribution in [3.63, 3.8) is 0 Å². The predicted octanol–water partition coefficient (Wildman–Crippen LogP) is 1.15. The van der Waals surface area contributed by atoms with Crippen molar-refractivity contribution in [3.05, 3.63) is 41.5 Å². The maximum absolute atomic E-state index is 11.5. The molecule has 0 saturated carbocycles. The lowest BCUT2D eigenvalue weighted by molar-refractivity contribution is -0.120. The van der Waals surface area contributed by atoms with E-state index in [1.807, 2.05) is 31.2 Å². The van der Waals surface area contributed by atoms with Crippen LogP contribution in [-0.2, 0) is 9.59 Å². The number of nitriles is 1. The number of nitrogens with one attached hydrogen (secondary N) is 2. The minimum atomic E-state index is -0.336. The van der Waals surface area contributed by atoms with E-state index in [9.17, 15) is 9.59 Å². The Balaban J connectivity index is 2.29. The second-order valence-corrected chi connectivity index (χ2v) is 4.17. The van der Waals surface area contributed by atoms with Crippen molar-refractivity contribution in [1.29, 1.82) is 5.26 Å². The van der Waals surface area contributed by atoms with Gasteiger partial charge in [0, 0.05) is 19.2 Å². The van der Waals surface area contributed by atoms with Gasteiger partial charge in [-0.25, -0.2) is 0 Å². The van der Waals surface area contributed by atoms with Gasteiger partial charge >= 0.3 is 0 Å². The van der Waals surface area contributed by atoms with E-state index in [4.69, 9.17) is 5.26 Å².